The average molecular weight is 341 g/mol. The molecule has 0 fully saturated rings. The van der Waals surface area contributed by atoms with Crippen LogP contribution in [0.1, 0.15) is 5.69 Å². The predicted molar refractivity (Wildman–Crippen MR) is 90.8 cm³/mol. The first-order valence-electron chi connectivity index (χ1n) is 6.91. The van der Waals surface area contributed by atoms with Gasteiger partial charge in [-0.2, -0.15) is 4.52 Å². The summed E-state index contributed by atoms with van der Waals surface area (Å²) in [6, 6.07) is 15.2. The van der Waals surface area contributed by atoms with Crippen molar-refractivity contribution in [1.82, 2.24) is 14.6 Å². The number of rotatable bonds is 4. The monoisotopic (exact) mass is 341 g/mol. The van der Waals surface area contributed by atoms with Crippen molar-refractivity contribution in [2.45, 2.75) is 10.6 Å². The molecule has 0 unspecified atom stereocenters. The molecule has 0 bridgehead atoms. The van der Waals surface area contributed by atoms with Gasteiger partial charge in [0.15, 0.2) is 10.8 Å². The second-order valence-corrected chi connectivity index (χ2v) is 6.77. The Morgan fingerprint density at radius 3 is 2.83 bits per heavy atom. The highest BCUT2D eigenvalue weighted by Crippen LogP contribution is 2.25. The van der Waals surface area contributed by atoms with Gasteiger partial charge < -0.3 is 4.42 Å². The lowest BCUT2D eigenvalue weighted by Crippen LogP contribution is -2.15. The highest BCUT2D eigenvalue weighted by Gasteiger charge is 2.12. The third-order valence-electron chi connectivity index (χ3n) is 3.16. The molecule has 0 atom stereocenters. The number of aromatic nitrogens is 3. The lowest BCUT2D eigenvalue weighted by atomic mass is 10.4. The molecule has 0 amide bonds. The minimum atomic E-state index is -0.173. The van der Waals surface area contributed by atoms with Crippen LogP contribution in [0.2, 0.25) is 0 Å². The maximum absolute atomic E-state index is 12.2. The van der Waals surface area contributed by atoms with Gasteiger partial charge in [-0.25, -0.2) is 4.98 Å². The Balaban J connectivity index is 1.65. The van der Waals surface area contributed by atoms with Crippen molar-refractivity contribution in [3.05, 3.63) is 70.8 Å². The van der Waals surface area contributed by atoms with Gasteiger partial charge in [0.1, 0.15) is 0 Å². The molecule has 7 heteroatoms. The lowest BCUT2D eigenvalue weighted by molar-refractivity contribution is 0.580. The number of nitrogens with zero attached hydrogens (tertiary/aromatic N) is 3. The summed E-state index contributed by atoms with van der Waals surface area (Å²) < 4.78 is 6.64. The zero-order valence-electron chi connectivity index (χ0n) is 11.9. The first-order chi connectivity index (χ1) is 11.3. The Bertz CT molecular complexity index is 991. The Morgan fingerprint density at radius 1 is 1.17 bits per heavy atom. The molecule has 114 valence electrons. The van der Waals surface area contributed by atoms with Crippen LogP contribution in [0.25, 0.3) is 15.7 Å². The molecular weight excluding hydrogens is 330 g/mol. The molecular formula is C16H11N3O2S2. The second kappa shape index (κ2) is 6.02. The minimum absolute atomic E-state index is 0.173. The Kier molecular flexibility index (Phi) is 3.72. The minimum Gasteiger partial charge on any atom is -0.462 e. The number of hydrogen-bond donors (Lipinski definition) is 0. The molecule has 4 rings (SSSR count). The first-order valence-corrected chi connectivity index (χ1v) is 8.71. The zero-order chi connectivity index (χ0) is 15.6. The van der Waals surface area contributed by atoms with E-state index >= 15 is 0 Å². The summed E-state index contributed by atoms with van der Waals surface area (Å²) in [6.07, 6.45) is 1.58. The van der Waals surface area contributed by atoms with Gasteiger partial charge in [0.2, 0.25) is 4.96 Å². The molecule has 0 aliphatic heterocycles. The van der Waals surface area contributed by atoms with Crippen LogP contribution in [0, 0.1) is 0 Å². The van der Waals surface area contributed by atoms with E-state index < -0.39 is 0 Å². The van der Waals surface area contributed by atoms with E-state index in [1.54, 1.807) is 24.1 Å². The van der Waals surface area contributed by atoms with E-state index in [0.29, 0.717) is 21.5 Å². The fourth-order valence-corrected chi connectivity index (χ4v) is 3.81. The third kappa shape index (κ3) is 2.93. The van der Waals surface area contributed by atoms with Crippen LogP contribution in [0.5, 0.6) is 0 Å². The molecule has 0 spiro atoms. The van der Waals surface area contributed by atoms with Crippen LogP contribution in [0.15, 0.2) is 68.9 Å². The van der Waals surface area contributed by atoms with Crippen molar-refractivity contribution in [2.75, 3.05) is 0 Å². The van der Waals surface area contributed by atoms with E-state index in [2.05, 4.69) is 10.1 Å². The largest absolute Gasteiger partial charge is 0.462 e. The summed E-state index contributed by atoms with van der Waals surface area (Å²) in [7, 11) is 0. The smallest absolute Gasteiger partial charge is 0.275 e. The molecule has 3 heterocycles. The molecule has 0 N–H and O–H groups in total. The third-order valence-corrected chi connectivity index (χ3v) is 5.13. The summed E-state index contributed by atoms with van der Waals surface area (Å²) in [5, 5.41) is 4.92. The number of fused-ring (bicyclic) bond motifs is 1. The van der Waals surface area contributed by atoms with E-state index in [4.69, 9.17) is 4.42 Å². The van der Waals surface area contributed by atoms with Crippen LogP contribution >= 0.6 is 23.1 Å². The normalized spacial score (nSPS) is 11.1. The van der Waals surface area contributed by atoms with Crippen molar-refractivity contribution in [2.24, 2.45) is 0 Å². The maximum Gasteiger partial charge on any atom is 0.275 e. The molecule has 0 radical (unpaired) electrons. The molecule has 4 aromatic rings. The van der Waals surface area contributed by atoms with Gasteiger partial charge in [-0.05, 0) is 24.3 Å². The molecule has 1 aromatic carbocycles. The van der Waals surface area contributed by atoms with Gasteiger partial charge in [-0.1, -0.05) is 29.5 Å². The fourth-order valence-electron chi connectivity index (χ4n) is 2.10. The predicted octanol–water partition coefficient (Wildman–Crippen LogP) is 3.70. The number of thioether (sulfide) groups is 1. The van der Waals surface area contributed by atoms with E-state index in [9.17, 15) is 4.79 Å². The van der Waals surface area contributed by atoms with Crippen LogP contribution in [0.4, 0.5) is 0 Å². The highest BCUT2D eigenvalue weighted by atomic mass is 32.2. The number of furan rings is 1. The summed E-state index contributed by atoms with van der Waals surface area (Å²) in [6.45, 7) is 0. The lowest BCUT2D eigenvalue weighted by Gasteiger charge is -2.00. The highest BCUT2D eigenvalue weighted by molar-refractivity contribution is 7.98. The molecule has 3 aromatic heterocycles. The van der Waals surface area contributed by atoms with E-state index in [-0.39, 0.29) is 5.56 Å². The Labute approximate surface area is 139 Å². The summed E-state index contributed by atoms with van der Waals surface area (Å²) in [4.78, 5) is 18.5. The van der Waals surface area contributed by atoms with Gasteiger partial charge >= 0.3 is 0 Å². The van der Waals surface area contributed by atoms with Gasteiger partial charge in [0.25, 0.3) is 5.56 Å². The summed E-state index contributed by atoms with van der Waals surface area (Å²) >= 11 is 2.99. The standard InChI is InChI=1S/C16H11N3O2S2/c20-14-9-11(10-22-12-5-2-1-3-6-12)17-16-19(14)18-15(23-16)13-7-4-8-21-13/h1-9H,10H2. The zero-order valence-corrected chi connectivity index (χ0v) is 13.5. The molecule has 0 saturated carbocycles. The number of hydrogen-bond acceptors (Lipinski definition) is 6. The second-order valence-electron chi connectivity index (χ2n) is 4.77. The van der Waals surface area contributed by atoms with Crippen LogP contribution in [-0.2, 0) is 5.75 Å². The van der Waals surface area contributed by atoms with E-state index in [0.717, 1.165) is 10.6 Å². The van der Waals surface area contributed by atoms with E-state index in [1.807, 2.05) is 36.4 Å². The molecule has 5 nitrogen and oxygen atoms in total. The van der Waals surface area contributed by atoms with Crippen LogP contribution < -0.4 is 5.56 Å². The Hall–Kier alpha value is -2.38. The van der Waals surface area contributed by atoms with Gasteiger partial charge in [0, 0.05) is 16.7 Å². The Morgan fingerprint density at radius 2 is 2.04 bits per heavy atom. The van der Waals surface area contributed by atoms with Crippen molar-refractivity contribution in [3.63, 3.8) is 0 Å². The van der Waals surface area contributed by atoms with E-state index in [1.165, 1.54) is 21.9 Å². The molecule has 0 aliphatic carbocycles. The molecule has 23 heavy (non-hydrogen) atoms. The quantitative estimate of drug-likeness (QED) is 0.530. The summed E-state index contributed by atoms with van der Waals surface area (Å²) in [5.74, 6) is 1.28. The SMILES string of the molecule is O=c1cc(CSc2ccccc2)nc2sc(-c3ccco3)nn12. The van der Waals surface area contributed by atoms with Crippen LogP contribution in [0.3, 0.4) is 0 Å². The molecule has 0 saturated heterocycles. The number of benzene rings is 1. The maximum atomic E-state index is 12.2. The average Bonchev–Trinajstić information content (AvgIpc) is 3.23. The van der Waals surface area contributed by atoms with Gasteiger partial charge in [-0.15, -0.1) is 16.9 Å². The summed E-state index contributed by atoms with van der Waals surface area (Å²) in [5.41, 5.74) is 0.575. The fraction of sp³-hybridized carbons (Fsp3) is 0.0625. The van der Waals surface area contributed by atoms with Gasteiger partial charge in [-0.3, -0.25) is 4.79 Å². The molecule has 0 aliphatic rings. The van der Waals surface area contributed by atoms with Crippen LogP contribution in [-0.4, -0.2) is 14.6 Å². The van der Waals surface area contributed by atoms with Crippen molar-refractivity contribution in [1.29, 1.82) is 0 Å². The first kappa shape index (κ1) is 14.2. The van der Waals surface area contributed by atoms with Crippen molar-refractivity contribution >= 4 is 28.1 Å². The van der Waals surface area contributed by atoms with Crippen molar-refractivity contribution in [3.8, 4) is 10.8 Å². The van der Waals surface area contributed by atoms with Gasteiger partial charge in [0.05, 0.1) is 12.0 Å². The van der Waals surface area contributed by atoms with Crippen molar-refractivity contribution < 1.29 is 4.42 Å². The topological polar surface area (TPSA) is 60.4 Å².